The normalized spacial score (nSPS) is 43.8. The average molecular weight is 332 g/mol. The van der Waals surface area contributed by atoms with E-state index in [1.54, 1.807) is 6.07 Å². The highest BCUT2D eigenvalue weighted by molar-refractivity contribution is 5.41. The molecule has 24 heavy (non-hydrogen) atoms. The van der Waals surface area contributed by atoms with Crippen LogP contribution in [0.1, 0.15) is 63.0 Å². The summed E-state index contributed by atoms with van der Waals surface area (Å²) < 4.78 is 15.4. The van der Waals surface area contributed by atoms with E-state index < -0.39 is 6.17 Å². The lowest BCUT2D eigenvalue weighted by Crippen LogP contribution is -2.48. The maximum Gasteiger partial charge on any atom is 0.115 e. The zero-order chi connectivity index (χ0) is 17.1. The molecule has 2 nitrogen and oxygen atoms in total. The van der Waals surface area contributed by atoms with Gasteiger partial charge in [0.05, 0.1) is 6.10 Å². The largest absolute Gasteiger partial charge is 0.508 e. The minimum atomic E-state index is -0.843. The topological polar surface area (TPSA) is 40.5 Å². The molecule has 0 unspecified atom stereocenters. The molecule has 1 aromatic rings. The van der Waals surface area contributed by atoms with Gasteiger partial charge in [-0.2, -0.15) is 0 Å². The highest BCUT2D eigenvalue weighted by Crippen LogP contribution is 2.63. The number of benzene rings is 1. The molecule has 2 N–H and O–H groups in total. The van der Waals surface area contributed by atoms with E-state index in [0.29, 0.717) is 24.2 Å². The van der Waals surface area contributed by atoms with Crippen LogP contribution in [0.3, 0.4) is 0 Å². The Kier molecular flexibility index (Phi) is 3.91. The number of aromatic hydroxyl groups is 1. The molecule has 3 aliphatic rings. The molecule has 0 aliphatic heterocycles. The van der Waals surface area contributed by atoms with Crippen molar-refractivity contribution >= 4 is 0 Å². The molecule has 0 radical (unpaired) electrons. The monoisotopic (exact) mass is 332 g/mol. The number of phenols is 1. The van der Waals surface area contributed by atoms with Gasteiger partial charge in [-0.1, -0.05) is 32.8 Å². The van der Waals surface area contributed by atoms with Gasteiger partial charge in [0.25, 0.3) is 0 Å². The first-order valence-corrected chi connectivity index (χ1v) is 9.57. The van der Waals surface area contributed by atoms with Crippen LogP contribution in [0.15, 0.2) is 18.2 Å². The van der Waals surface area contributed by atoms with Gasteiger partial charge in [-0.3, -0.25) is 0 Å². The van der Waals surface area contributed by atoms with E-state index in [1.165, 1.54) is 0 Å². The van der Waals surface area contributed by atoms with Crippen LogP contribution in [0, 0.1) is 23.2 Å². The van der Waals surface area contributed by atoms with Crippen molar-refractivity contribution in [1.29, 1.82) is 0 Å². The van der Waals surface area contributed by atoms with Crippen LogP contribution >= 0.6 is 0 Å². The van der Waals surface area contributed by atoms with E-state index in [-0.39, 0.29) is 23.2 Å². The zero-order valence-electron chi connectivity index (χ0n) is 14.7. The van der Waals surface area contributed by atoms with Crippen molar-refractivity contribution in [2.24, 2.45) is 23.2 Å². The molecule has 0 saturated heterocycles. The Morgan fingerprint density at radius 2 is 2.08 bits per heavy atom. The van der Waals surface area contributed by atoms with Crippen molar-refractivity contribution in [2.45, 2.75) is 70.6 Å². The summed E-state index contributed by atoms with van der Waals surface area (Å²) >= 11 is 0. The molecular formula is C21H29FO2. The number of alkyl halides is 1. The first kappa shape index (κ1) is 16.4. The maximum absolute atomic E-state index is 15.4. The fourth-order valence-electron chi connectivity index (χ4n) is 6.47. The predicted octanol–water partition coefficient (Wildman–Crippen LogP) is 4.58. The summed E-state index contributed by atoms with van der Waals surface area (Å²) in [5.74, 6) is 1.43. The SMILES string of the molecule is CCC[C@H]1Cc2cc(O)ccc2[C@@H]2[C@@H]1[C@@H]1C[C@@H](O)C[C@@]1(C)C[C@@H]2F. The summed E-state index contributed by atoms with van der Waals surface area (Å²) in [6.07, 6.45) is 4.18. The lowest BCUT2D eigenvalue weighted by Gasteiger charge is -2.53. The lowest BCUT2D eigenvalue weighted by atomic mass is 9.52. The number of phenolic OH excluding ortho intramolecular Hbond substituents is 1. The van der Waals surface area contributed by atoms with Gasteiger partial charge in [0.15, 0.2) is 0 Å². The predicted molar refractivity (Wildman–Crippen MR) is 92.8 cm³/mol. The first-order chi connectivity index (χ1) is 11.4. The second kappa shape index (κ2) is 5.72. The standard InChI is InChI=1S/C21H29FO2/c1-3-4-12-7-13-8-14(23)5-6-16(13)20-18(22)11-21(2)10-15(24)9-17(21)19(12)20/h5-6,8,12,15,17-20,23-24H,3-4,7,9-11H2,1-2H3/t12-,15+,17-,18-,19-,20-,21-/m0/s1. The van der Waals surface area contributed by atoms with Crippen molar-refractivity contribution < 1.29 is 14.6 Å². The van der Waals surface area contributed by atoms with E-state index in [9.17, 15) is 10.2 Å². The Labute approximate surface area is 144 Å². The highest BCUT2D eigenvalue weighted by Gasteiger charge is 2.58. The van der Waals surface area contributed by atoms with Crippen LogP contribution in [-0.2, 0) is 6.42 Å². The van der Waals surface area contributed by atoms with E-state index in [4.69, 9.17) is 0 Å². The highest BCUT2D eigenvalue weighted by atomic mass is 19.1. The summed E-state index contributed by atoms with van der Waals surface area (Å²) in [5.41, 5.74) is 2.20. The summed E-state index contributed by atoms with van der Waals surface area (Å²) in [6, 6.07) is 5.50. The fraction of sp³-hybridized carbons (Fsp3) is 0.714. The quantitative estimate of drug-likeness (QED) is 0.832. The van der Waals surface area contributed by atoms with E-state index >= 15 is 4.39 Å². The van der Waals surface area contributed by atoms with E-state index in [1.807, 2.05) is 12.1 Å². The van der Waals surface area contributed by atoms with Gasteiger partial charge < -0.3 is 10.2 Å². The third kappa shape index (κ3) is 2.39. The number of aliphatic hydroxyl groups is 1. The molecule has 3 aliphatic carbocycles. The third-order valence-electron chi connectivity index (χ3n) is 7.22. The Morgan fingerprint density at radius 3 is 2.83 bits per heavy atom. The molecule has 2 fully saturated rings. The van der Waals surface area contributed by atoms with Crippen molar-refractivity contribution in [2.75, 3.05) is 0 Å². The van der Waals surface area contributed by atoms with Gasteiger partial charge in [0.2, 0.25) is 0 Å². The maximum atomic E-state index is 15.4. The molecule has 1 aromatic carbocycles. The number of aliphatic hydroxyl groups excluding tert-OH is 1. The first-order valence-electron chi connectivity index (χ1n) is 9.57. The summed E-state index contributed by atoms with van der Waals surface area (Å²) in [4.78, 5) is 0. The Bertz CT molecular complexity index is 630. The van der Waals surface area contributed by atoms with Crippen LogP contribution in [-0.4, -0.2) is 22.5 Å². The molecule has 0 heterocycles. The van der Waals surface area contributed by atoms with Crippen LogP contribution in [0.4, 0.5) is 4.39 Å². The second-order valence-electron chi connectivity index (χ2n) is 8.81. The lowest BCUT2D eigenvalue weighted by molar-refractivity contribution is -0.0257. The van der Waals surface area contributed by atoms with Gasteiger partial charge in [0.1, 0.15) is 11.9 Å². The zero-order valence-corrected chi connectivity index (χ0v) is 14.7. The molecule has 2 saturated carbocycles. The third-order valence-corrected chi connectivity index (χ3v) is 7.22. The minimum Gasteiger partial charge on any atom is -0.508 e. The Morgan fingerprint density at radius 1 is 1.29 bits per heavy atom. The van der Waals surface area contributed by atoms with Crippen LogP contribution in [0.2, 0.25) is 0 Å². The van der Waals surface area contributed by atoms with Crippen molar-refractivity contribution in [3.05, 3.63) is 29.3 Å². The number of fused-ring (bicyclic) bond motifs is 5. The number of rotatable bonds is 2. The van der Waals surface area contributed by atoms with Gasteiger partial charge in [-0.15, -0.1) is 0 Å². The molecule has 0 aromatic heterocycles. The van der Waals surface area contributed by atoms with Crippen LogP contribution in [0.5, 0.6) is 5.75 Å². The molecule has 0 spiro atoms. The van der Waals surface area contributed by atoms with Crippen molar-refractivity contribution in [3.63, 3.8) is 0 Å². The minimum absolute atomic E-state index is 0.0551. The van der Waals surface area contributed by atoms with E-state index in [0.717, 1.165) is 43.2 Å². The average Bonchev–Trinajstić information content (AvgIpc) is 2.80. The smallest absolute Gasteiger partial charge is 0.115 e. The molecule has 132 valence electrons. The van der Waals surface area contributed by atoms with E-state index in [2.05, 4.69) is 13.8 Å². The van der Waals surface area contributed by atoms with Crippen molar-refractivity contribution in [3.8, 4) is 5.75 Å². The fourth-order valence-corrected chi connectivity index (χ4v) is 6.47. The van der Waals surface area contributed by atoms with Gasteiger partial charge >= 0.3 is 0 Å². The second-order valence-corrected chi connectivity index (χ2v) is 8.81. The molecule has 7 atom stereocenters. The van der Waals surface area contributed by atoms with Crippen LogP contribution in [0.25, 0.3) is 0 Å². The molecule has 4 rings (SSSR count). The Hall–Kier alpha value is -1.09. The molecule has 0 bridgehead atoms. The Balaban J connectivity index is 1.80. The number of hydrogen-bond acceptors (Lipinski definition) is 2. The van der Waals surface area contributed by atoms with Crippen LogP contribution < -0.4 is 0 Å². The summed E-state index contributed by atoms with van der Waals surface area (Å²) in [5, 5.41) is 20.2. The molecule has 0 amide bonds. The number of halogens is 1. The summed E-state index contributed by atoms with van der Waals surface area (Å²) in [7, 11) is 0. The van der Waals surface area contributed by atoms with Gasteiger partial charge in [-0.05, 0) is 72.1 Å². The molecular weight excluding hydrogens is 303 g/mol. The van der Waals surface area contributed by atoms with Gasteiger partial charge in [-0.25, -0.2) is 4.39 Å². The van der Waals surface area contributed by atoms with Gasteiger partial charge in [0, 0.05) is 5.92 Å². The summed E-state index contributed by atoms with van der Waals surface area (Å²) in [6.45, 7) is 4.40. The number of hydrogen-bond donors (Lipinski definition) is 2. The molecule has 3 heteroatoms. The van der Waals surface area contributed by atoms with Crippen molar-refractivity contribution in [1.82, 2.24) is 0 Å².